The van der Waals surface area contributed by atoms with Crippen molar-refractivity contribution in [1.29, 1.82) is 0 Å². The van der Waals surface area contributed by atoms with Crippen molar-refractivity contribution in [2.24, 2.45) is 0 Å². The van der Waals surface area contributed by atoms with Gasteiger partial charge in [0.1, 0.15) is 5.75 Å². The summed E-state index contributed by atoms with van der Waals surface area (Å²) in [4.78, 5) is 0. The minimum absolute atomic E-state index is 0.0496. The summed E-state index contributed by atoms with van der Waals surface area (Å²) in [6.07, 6.45) is 1.63. The van der Waals surface area contributed by atoms with Gasteiger partial charge in [-0.15, -0.1) is 0 Å². The van der Waals surface area contributed by atoms with Crippen LogP contribution in [0.25, 0.3) is 17.2 Å². The number of ether oxygens (including phenoxy) is 1. The molecule has 3 aromatic carbocycles. The van der Waals surface area contributed by atoms with Crippen LogP contribution in [0.2, 0.25) is 0 Å². The molecule has 0 fully saturated rings. The molecule has 1 nitrogen and oxygen atoms in total. The predicted octanol–water partition coefficient (Wildman–Crippen LogP) is 2.59. The van der Waals surface area contributed by atoms with Crippen LogP contribution in [0.5, 0.6) is 5.75 Å². The van der Waals surface area contributed by atoms with Gasteiger partial charge >= 0.3 is 25.0 Å². The third kappa shape index (κ3) is 4.45. The van der Waals surface area contributed by atoms with Crippen molar-refractivity contribution >= 4 is 6.08 Å². The fourth-order valence-corrected chi connectivity index (χ4v) is 4.12. The van der Waals surface area contributed by atoms with E-state index in [4.69, 9.17) is 4.74 Å². The van der Waals surface area contributed by atoms with Gasteiger partial charge in [0, 0.05) is 6.08 Å². The second-order valence-electron chi connectivity index (χ2n) is 5.17. The van der Waals surface area contributed by atoms with E-state index in [0.29, 0.717) is 0 Å². The zero-order chi connectivity index (χ0) is 16.8. The van der Waals surface area contributed by atoms with Crippen LogP contribution in [-0.4, -0.2) is 7.11 Å². The van der Waals surface area contributed by atoms with Gasteiger partial charge in [-0.05, 0) is 41.0 Å². The summed E-state index contributed by atoms with van der Waals surface area (Å²) in [5.41, 5.74) is 3.19. The zero-order valence-electron chi connectivity index (χ0n) is 13.2. The number of methoxy groups -OCH3 is 1. The Bertz CT molecular complexity index is 809. The third-order valence-electron chi connectivity index (χ3n) is 3.54. The van der Waals surface area contributed by atoms with Crippen LogP contribution in [0.15, 0.2) is 82.7 Å². The first kappa shape index (κ1) is 16.7. The van der Waals surface area contributed by atoms with Gasteiger partial charge in [-0.25, -0.2) is 0 Å². The third-order valence-corrected chi connectivity index (χ3v) is 5.71. The molecule has 0 heterocycles. The summed E-state index contributed by atoms with van der Waals surface area (Å²) < 4.78 is 20.4. The summed E-state index contributed by atoms with van der Waals surface area (Å²) in [5.74, 6) is 0.795. The monoisotopic (exact) mass is 431 g/mol. The number of hydrogen-bond donors (Lipinski definition) is 0. The second kappa shape index (κ2) is 8.11. The minimum Gasteiger partial charge on any atom is -0.497 e. The molecule has 0 saturated heterocycles. The molecule has 0 saturated carbocycles. The minimum atomic E-state index is -0.793. The molecule has 0 unspecified atom stereocenters. The van der Waals surface area contributed by atoms with Crippen LogP contribution in [0.3, 0.4) is 0 Å². The van der Waals surface area contributed by atoms with Crippen LogP contribution >= 0.6 is 0 Å². The van der Waals surface area contributed by atoms with E-state index >= 15 is 0 Å². The van der Waals surface area contributed by atoms with E-state index in [9.17, 15) is 4.39 Å². The highest BCUT2D eigenvalue weighted by Gasteiger charge is 2.18. The predicted molar refractivity (Wildman–Crippen MR) is 92.7 cm³/mol. The topological polar surface area (TPSA) is 9.23 Å². The zero-order valence-corrected chi connectivity index (χ0v) is 15.4. The van der Waals surface area contributed by atoms with E-state index in [2.05, 4.69) is 12.1 Å². The lowest BCUT2D eigenvalue weighted by atomic mass is 10.0. The lowest BCUT2D eigenvalue weighted by Crippen LogP contribution is -3.60. The van der Waals surface area contributed by atoms with E-state index in [1.165, 1.54) is 5.56 Å². The fraction of sp³-hybridized carbons (Fsp3) is 0.0476. The molecule has 0 aliphatic heterocycles. The Kier molecular flexibility index (Phi) is 5.64. The number of hydrogen-bond acceptors (Lipinski definition) is 1. The van der Waals surface area contributed by atoms with Crippen molar-refractivity contribution in [3.63, 3.8) is 0 Å². The Morgan fingerprint density at radius 1 is 0.833 bits per heavy atom. The number of halogens is 2. The van der Waals surface area contributed by atoms with Crippen LogP contribution in [0.1, 0.15) is 5.56 Å². The molecule has 3 aromatic rings. The molecule has 24 heavy (non-hydrogen) atoms. The Morgan fingerprint density at radius 2 is 1.46 bits per heavy atom. The first-order valence-corrected chi connectivity index (χ1v) is 9.72. The highest BCUT2D eigenvalue weighted by molar-refractivity contribution is 5.65. The highest BCUT2D eigenvalue weighted by Crippen LogP contribution is 2.19. The van der Waals surface area contributed by atoms with E-state index in [1.807, 2.05) is 66.7 Å². The van der Waals surface area contributed by atoms with Gasteiger partial charge in [0.25, 0.3) is 0 Å². The molecule has 0 amide bonds. The van der Waals surface area contributed by atoms with Crippen molar-refractivity contribution < 1.29 is 30.3 Å². The summed E-state index contributed by atoms with van der Waals surface area (Å²) >= 11 is -0.793. The molecule has 3 rings (SSSR count). The second-order valence-corrected chi connectivity index (χ2v) is 7.99. The normalized spacial score (nSPS) is 11.3. The summed E-state index contributed by atoms with van der Waals surface area (Å²) in [6.45, 7) is 0. The molecule has 0 radical (unpaired) electrons. The van der Waals surface area contributed by atoms with E-state index in [1.54, 1.807) is 13.2 Å². The van der Waals surface area contributed by atoms with Crippen molar-refractivity contribution in [2.45, 2.75) is 0 Å². The molecular weight excluding hydrogens is 414 g/mol. The van der Waals surface area contributed by atoms with Gasteiger partial charge in [-0.2, -0.15) is 4.39 Å². The molecule has 0 bridgehead atoms. The van der Waals surface area contributed by atoms with E-state index in [0.717, 1.165) is 20.4 Å². The molecule has 0 aliphatic rings. The van der Waals surface area contributed by atoms with Crippen LogP contribution in [0.4, 0.5) is 4.39 Å². The summed E-state index contributed by atoms with van der Waals surface area (Å²) in [5, 5.41) is 0. The standard InChI is InChI=1S/C21H17FIO/c1-24-20-13-11-19(12-14-20)23-21(22)15-16-7-9-18(10-8-16)17-5-3-2-4-6-17/h2-15H,1H3/q+1/b21-15+. The lowest BCUT2D eigenvalue weighted by molar-refractivity contribution is -0.592. The van der Waals surface area contributed by atoms with Gasteiger partial charge in [0.05, 0.1) is 7.11 Å². The van der Waals surface area contributed by atoms with Gasteiger partial charge in [0.2, 0.25) is 0 Å². The van der Waals surface area contributed by atoms with E-state index in [-0.39, 0.29) is 3.83 Å². The van der Waals surface area contributed by atoms with Crippen molar-refractivity contribution in [1.82, 2.24) is 0 Å². The maximum Gasteiger partial charge on any atom is 0.391 e. The maximum absolute atomic E-state index is 14.3. The maximum atomic E-state index is 14.3. The quantitative estimate of drug-likeness (QED) is 0.565. The number of benzene rings is 3. The van der Waals surface area contributed by atoms with Gasteiger partial charge < -0.3 is 4.74 Å². The van der Waals surface area contributed by atoms with E-state index < -0.39 is 21.2 Å². The molecule has 120 valence electrons. The summed E-state index contributed by atoms with van der Waals surface area (Å²) in [7, 11) is 1.63. The average molecular weight is 431 g/mol. The molecule has 0 aliphatic carbocycles. The molecular formula is C21H17FIO+. The molecule has 0 atom stereocenters. The first-order valence-electron chi connectivity index (χ1n) is 7.56. The van der Waals surface area contributed by atoms with Crippen LogP contribution in [-0.2, 0) is 0 Å². The highest BCUT2D eigenvalue weighted by atomic mass is 127. The Balaban J connectivity index is 1.70. The first-order chi connectivity index (χ1) is 11.7. The largest absolute Gasteiger partial charge is 0.497 e. The smallest absolute Gasteiger partial charge is 0.391 e. The molecule has 3 heteroatoms. The Morgan fingerprint density at radius 3 is 2.08 bits per heavy atom. The molecule has 0 N–H and O–H groups in total. The van der Waals surface area contributed by atoms with Gasteiger partial charge in [-0.1, -0.05) is 54.6 Å². The lowest BCUT2D eigenvalue weighted by Gasteiger charge is -2.01. The number of rotatable bonds is 5. The van der Waals surface area contributed by atoms with Crippen molar-refractivity contribution in [3.05, 3.63) is 91.8 Å². The van der Waals surface area contributed by atoms with Crippen LogP contribution < -0.4 is 25.9 Å². The molecule has 0 spiro atoms. The van der Waals surface area contributed by atoms with Crippen molar-refractivity contribution in [3.8, 4) is 16.9 Å². The Hall–Kier alpha value is -2.14. The van der Waals surface area contributed by atoms with Gasteiger partial charge in [-0.3, -0.25) is 0 Å². The summed E-state index contributed by atoms with van der Waals surface area (Å²) in [6, 6.07) is 25.7. The van der Waals surface area contributed by atoms with Crippen molar-refractivity contribution in [2.75, 3.05) is 7.11 Å². The fourth-order valence-electron chi connectivity index (χ4n) is 2.29. The average Bonchev–Trinajstić information content (AvgIpc) is 2.64. The SMILES string of the molecule is COc1ccc([I+]/C(F)=C/c2ccc(-c3ccccc3)cc2)cc1. The van der Waals surface area contributed by atoms with Crippen LogP contribution in [0, 0.1) is 3.57 Å². The Labute approximate surface area is 152 Å². The van der Waals surface area contributed by atoms with Gasteiger partial charge in [0.15, 0.2) is 3.57 Å². The molecule has 0 aromatic heterocycles.